The summed E-state index contributed by atoms with van der Waals surface area (Å²) in [6.45, 7) is 5.40. The van der Waals surface area contributed by atoms with Crippen LogP contribution in [0.25, 0.3) is 5.57 Å². The fourth-order valence-corrected chi connectivity index (χ4v) is 3.48. The molecule has 0 spiro atoms. The Morgan fingerprint density at radius 1 is 0.957 bits per heavy atom. The van der Waals surface area contributed by atoms with Crippen LogP contribution in [-0.4, -0.2) is 6.61 Å². The van der Waals surface area contributed by atoms with Gasteiger partial charge in [0.1, 0.15) is 5.75 Å². The van der Waals surface area contributed by atoms with Gasteiger partial charge in [-0.2, -0.15) is 0 Å². The van der Waals surface area contributed by atoms with E-state index < -0.39 is 0 Å². The number of unbranched alkanes of at least 4 members (excludes halogenated alkanes) is 4. The molecule has 0 N–H and O–H groups in total. The summed E-state index contributed by atoms with van der Waals surface area (Å²) in [5.41, 5.74) is 2.92. The normalized spacial score (nSPS) is 17.8. The van der Waals surface area contributed by atoms with Gasteiger partial charge in [-0.3, -0.25) is 0 Å². The van der Waals surface area contributed by atoms with Crippen molar-refractivity contribution in [3.05, 3.63) is 35.9 Å². The van der Waals surface area contributed by atoms with Crippen LogP contribution in [0.15, 0.2) is 30.3 Å². The molecule has 2 rings (SSSR count). The first-order valence-corrected chi connectivity index (χ1v) is 9.75. The van der Waals surface area contributed by atoms with E-state index >= 15 is 0 Å². The molecule has 0 bridgehead atoms. The maximum Gasteiger partial charge on any atom is 0.119 e. The Hall–Kier alpha value is -1.24. The maximum atomic E-state index is 5.86. The van der Waals surface area contributed by atoms with Crippen LogP contribution in [0.4, 0.5) is 0 Å². The molecule has 0 radical (unpaired) electrons. The molecule has 1 aliphatic rings. The van der Waals surface area contributed by atoms with Crippen molar-refractivity contribution >= 4 is 5.57 Å². The molecular formula is C22H34O. The van der Waals surface area contributed by atoms with Gasteiger partial charge in [0.05, 0.1) is 6.61 Å². The molecule has 1 heteroatoms. The van der Waals surface area contributed by atoms with E-state index in [9.17, 15) is 0 Å². The Bertz CT molecular complexity index is 457. The van der Waals surface area contributed by atoms with Crippen LogP contribution in [-0.2, 0) is 0 Å². The Morgan fingerprint density at radius 3 is 2.39 bits per heavy atom. The molecule has 0 heterocycles. The van der Waals surface area contributed by atoms with Crippen LogP contribution in [0.5, 0.6) is 5.75 Å². The lowest BCUT2D eigenvalue weighted by molar-refractivity contribution is 0.304. The van der Waals surface area contributed by atoms with Crippen molar-refractivity contribution in [3.63, 3.8) is 0 Å². The van der Waals surface area contributed by atoms with Crippen LogP contribution in [0.3, 0.4) is 0 Å². The van der Waals surface area contributed by atoms with Crippen molar-refractivity contribution in [1.29, 1.82) is 0 Å². The topological polar surface area (TPSA) is 9.23 Å². The van der Waals surface area contributed by atoms with E-state index in [-0.39, 0.29) is 0 Å². The third-order valence-electron chi connectivity index (χ3n) is 4.96. The first-order valence-electron chi connectivity index (χ1n) is 9.75. The lowest BCUT2D eigenvalue weighted by atomic mass is 9.84. The summed E-state index contributed by atoms with van der Waals surface area (Å²) in [6, 6.07) is 8.75. The molecule has 0 fully saturated rings. The van der Waals surface area contributed by atoms with Crippen LogP contribution in [0, 0.1) is 5.92 Å². The zero-order chi connectivity index (χ0) is 16.3. The van der Waals surface area contributed by atoms with Crippen molar-refractivity contribution < 1.29 is 4.74 Å². The van der Waals surface area contributed by atoms with E-state index in [1.54, 1.807) is 0 Å². The molecule has 1 atom stereocenters. The fraction of sp³-hybridized carbons (Fsp3) is 0.636. The van der Waals surface area contributed by atoms with Gasteiger partial charge in [0.2, 0.25) is 0 Å². The maximum absolute atomic E-state index is 5.86. The molecule has 0 amide bonds. The number of benzene rings is 1. The molecule has 1 aromatic carbocycles. The van der Waals surface area contributed by atoms with Crippen molar-refractivity contribution in [2.45, 2.75) is 78.1 Å². The van der Waals surface area contributed by atoms with E-state index in [0.717, 1.165) is 18.3 Å². The Balaban J connectivity index is 1.74. The van der Waals surface area contributed by atoms with Crippen molar-refractivity contribution in [1.82, 2.24) is 0 Å². The van der Waals surface area contributed by atoms with Gasteiger partial charge < -0.3 is 4.74 Å². The number of hydrogen-bond acceptors (Lipinski definition) is 1. The average Bonchev–Trinajstić information content (AvgIpc) is 2.60. The largest absolute Gasteiger partial charge is 0.494 e. The monoisotopic (exact) mass is 314 g/mol. The van der Waals surface area contributed by atoms with Gasteiger partial charge >= 0.3 is 0 Å². The fourth-order valence-electron chi connectivity index (χ4n) is 3.48. The molecule has 0 aliphatic heterocycles. The zero-order valence-corrected chi connectivity index (χ0v) is 15.2. The summed E-state index contributed by atoms with van der Waals surface area (Å²) < 4.78 is 5.86. The van der Waals surface area contributed by atoms with Crippen molar-refractivity contribution in [3.8, 4) is 5.75 Å². The summed E-state index contributed by atoms with van der Waals surface area (Å²) in [4.78, 5) is 0. The van der Waals surface area contributed by atoms with E-state index in [2.05, 4.69) is 44.2 Å². The van der Waals surface area contributed by atoms with Gasteiger partial charge in [0, 0.05) is 0 Å². The third-order valence-corrected chi connectivity index (χ3v) is 4.96. The highest BCUT2D eigenvalue weighted by molar-refractivity contribution is 5.66. The summed E-state index contributed by atoms with van der Waals surface area (Å²) >= 11 is 0. The standard InChI is InChI=1S/C22H34O/c1-3-5-6-7-8-18-23-22-16-14-21(15-17-22)20-12-10-19(9-4-2)11-13-20/h12,14-17,19H,3-11,13,18H2,1-2H3. The number of rotatable bonds is 10. The number of allylic oxidation sites excluding steroid dienone is 2. The molecule has 128 valence electrons. The van der Waals surface area contributed by atoms with Crippen LogP contribution >= 0.6 is 0 Å². The van der Waals surface area contributed by atoms with Crippen molar-refractivity contribution in [2.24, 2.45) is 5.92 Å². The van der Waals surface area contributed by atoms with Gasteiger partial charge in [-0.05, 0) is 54.9 Å². The minimum absolute atomic E-state index is 0.852. The SMILES string of the molecule is CCCCCCCOc1ccc(C2=CCC(CCC)CC2)cc1. The van der Waals surface area contributed by atoms with E-state index in [0.29, 0.717) is 0 Å². The Labute approximate surface area is 143 Å². The molecule has 1 aromatic rings. The minimum atomic E-state index is 0.852. The predicted molar refractivity (Wildman–Crippen MR) is 101 cm³/mol. The minimum Gasteiger partial charge on any atom is -0.494 e. The quantitative estimate of drug-likeness (QED) is 0.422. The first-order chi connectivity index (χ1) is 11.3. The zero-order valence-electron chi connectivity index (χ0n) is 15.2. The summed E-state index contributed by atoms with van der Waals surface area (Å²) in [5.74, 6) is 1.93. The molecule has 0 saturated carbocycles. The predicted octanol–water partition coefficient (Wildman–Crippen LogP) is 7.02. The molecule has 0 aromatic heterocycles. The van der Waals surface area contributed by atoms with Gasteiger partial charge in [-0.1, -0.05) is 70.6 Å². The summed E-state index contributed by atoms with van der Waals surface area (Å²) in [7, 11) is 0. The van der Waals surface area contributed by atoms with Gasteiger partial charge in [0.15, 0.2) is 0 Å². The first kappa shape index (κ1) is 18.1. The lowest BCUT2D eigenvalue weighted by Crippen LogP contribution is -2.05. The van der Waals surface area contributed by atoms with Crippen LogP contribution in [0.1, 0.15) is 83.6 Å². The number of hydrogen-bond donors (Lipinski definition) is 0. The Morgan fingerprint density at radius 2 is 1.74 bits per heavy atom. The molecule has 1 nitrogen and oxygen atoms in total. The van der Waals surface area contributed by atoms with Gasteiger partial charge in [0.25, 0.3) is 0 Å². The number of ether oxygens (including phenoxy) is 1. The molecule has 1 unspecified atom stereocenters. The summed E-state index contributed by atoms with van der Waals surface area (Å²) in [5, 5.41) is 0. The smallest absolute Gasteiger partial charge is 0.119 e. The van der Waals surface area contributed by atoms with E-state index in [1.165, 1.54) is 75.3 Å². The Kier molecular flexibility index (Phi) is 8.28. The molecule has 0 saturated heterocycles. The highest BCUT2D eigenvalue weighted by atomic mass is 16.5. The van der Waals surface area contributed by atoms with Crippen LogP contribution < -0.4 is 4.74 Å². The van der Waals surface area contributed by atoms with Crippen molar-refractivity contribution in [2.75, 3.05) is 6.61 Å². The highest BCUT2D eigenvalue weighted by Gasteiger charge is 2.14. The van der Waals surface area contributed by atoms with Gasteiger partial charge in [-0.15, -0.1) is 0 Å². The molecule has 23 heavy (non-hydrogen) atoms. The van der Waals surface area contributed by atoms with Crippen LogP contribution in [0.2, 0.25) is 0 Å². The van der Waals surface area contributed by atoms with E-state index in [1.807, 2.05) is 0 Å². The second kappa shape index (κ2) is 10.5. The third kappa shape index (κ3) is 6.41. The molecular weight excluding hydrogens is 280 g/mol. The lowest BCUT2D eigenvalue weighted by Gasteiger charge is -2.21. The average molecular weight is 315 g/mol. The second-order valence-corrected chi connectivity index (χ2v) is 6.95. The summed E-state index contributed by atoms with van der Waals surface area (Å²) in [6.07, 6.45) is 15.5. The second-order valence-electron chi connectivity index (χ2n) is 6.95. The molecule has 1 aliphatic carbocycles. The van der Waals surface area contributed by atoms with E-state index in [4.69, 9.17) is 4.74 Å². The van der Waals surface area contributed by atoms with Gasteiger partial charge in [-0.25, -0.2) is 0 Å². The highest BCUT2D eigenvalue weighted by Crippen LogP contribution is 2.32.